The molecule has 2 aliphatic heterocycles. The normalized spacial score (nSPS) is 18.8. The average Bonchev–Trinajstić information content (AvgIpc) is 2.62. The first-order valence-electron chi connectivity index (χ1n) is 8.20. The number of carbonyl (C=O) groups excluding carboxylic acids is 1. The number of piperidine rings is 1. The van der Waals surface area contributed by atoms with Gasteiger partial charge in [0.15, 0.2) is 0 Å². The summed E-state index contributed by atoms with van der Waals surface area (Å²) in [6.07, 6.45) is 3.15. The van der Waals surface area contributed by atoms with E-state index in [-0.39, 0.29) is 11.6 Å². The molecule has 0 spiro atoms. The van der Waals surface area contributed by atoms with Gasteiger partial charge in [-0.1, -0.05) is 0 Å². The number of nitrogens with one attached hydrogen (secondary N) is 1. The molecule has 0 radical (unpaired) electrons. The van der Waals surface area contributed by atoms with Crippen LogP contribution in [0, 0.1) is 10.1 Å². The number of nitro groups is 1. The Morgan fingerprint density at radius 1 is 1.09 bits per heavy atom. The molecule has 2 fully saturated rings. The Morgan fingerprint density at radius 3 is 2.43 bits per heavy atom. The van der Waals surface area contributed by atoms with Crippen LogP contribution in [0.15, 0.2) is 18.2 Å². The van der Waals surface area contributed by atoms with Crippen LogP contribution in [0.3, 0.4) is 0 Å². The molecular formula is C16H22N4O3. The third-order valence-electron chi connectivity index (χ3n) is 4.52. The number of benzene rings is 1. The summed E-state index contributed by atoms with van der Waals surface area (Å²) in [6.45, 7) is 4.80. The molecule has 2 aliphatic rings. The number of nitro benzene ring substituents is 1. The highest BCUT2D eigenvalue weighted by atomic mass is 16.6. The Kier molecular flexibility index (Phi) is 4.76. The van der Waals surface area contributed by atoms with Crippen molar-refractivity contribution >= 4 is 17.3 Å². The lowest BCUT2D eigenvalue weighted by Crippen LogP contribution is -2.44. The van der Waals surface area contributed by atoms with Crippen molar-refractivity contribution in [1.82, 2.24) is 10.2 Å². The fourth-order valence-electron chi connectivity index (χ4n) is 3.26. The van der Waals surface area contributed by atoms with E-state index < -0.39 is 4.92 Å². The van der Waals surface area contributed by atoms with Crippen LogP contribution in [0.25, 0.3) is 0 Å². The van der Waals surface area contributed by atoms with E-state index in [0.717, 1.165) is 64.2 Å². The predicted molar refractivity (Wildman–Crippen MR) is 87.9 cm³/mol. The first-order chi connectivity index (χ1) is 11.2. The van der Waals surface area contributed by atoms with Gasteiger partial charge in [0.05, 0.1) is 16.2 Å². The van der Waals surface area contributed by atoms with Gasteiger partial charge in [0.2, 0.25) is 0 Å². The highest BCUT2D eigenvalue weighted by Crippen LogP contribution is 2.28. The van der Waals surface area contributed by atoms with Gasteiger partial charge in [0.1, 0.15) is 0 Å². The van der Waals surface area contributed by atoms with Crippen LogP contribution >= 0.6 is 0 Å². The molecule has 0 aliphatic carbocycles. The summed E-state index contributed by atoms with van der Waals surface area (Å²) in [7, 11) is 0. The predicted octanol–water partition coefficient (Wildman–Crippen LogP) is 1.63. The lowest BCUT2D eigenvalue weighted by atomic mass is 10.1. The number of amides is 1. The van der Waals surface area contributed by atoms with E-state index in [4.69, 9.17) is 0 Å². The molecule has 124 valence electrons. The smallest absolute Gasteiger partial charge is 0.270 e. The number of piperazine rings is 1. The van der Waals surface area contributed by atoms with Crippen LogP contribution in [0.2, 0.25) is 0 Å². The molecule has 0 bridgehead atoms. The molecular weight excluding hydrogens is 296 g/mol. The van der Waals surface area contributed by atoms with Gasteiger partial charge in [-0.15, -0.1) is 0 Å². The van der Waals surface area contributed by atoms with Crippen molar-refractivity contribution in [2.24, 2.45) is 0 Å². The van der Waals surface area contributed by atoms with Crippen LogP contribution in [0.1, 0.15) is 29.6 Å². The molecule has 23 heavy (non-hydrogen) atoms. The molecule has 7 nitrogen and oxygen atoms in total. The van der Waals surface area contributed by atoms with Crippen molar-refractivity contribution in [3.8, 4) is 0 Å². The summed E-state index contributed by atoms with van der Waals surface area (Å²) in [5, 5.41) is 14.4. The van der Waals surface area contributed by atoms with E-state index in [9.17, 15) is 14.9 Å². The lowest BCUT2D eigenvalue weighted by molar-refractivity contribution is -0.384. The minimum absolute atomic E-state index is 0.0238. The van der Waals surface area contributed by atoms with Crippen molar-refractivity contribution in [1.29, 1.82) is 0 Å². The molecule has 0 saturated carbocycles. The van der Waals surface area contributed by atoms with Gasteiger partial charge < -0.3 is 15.1 Å². The standard InChI is InChI=1S/C16H22N4O3/c21-16(19-8-2-1-3-9-19)14-12-13(20(22)23)4-5-15(14)18-10-6-17-7-11-18/h4-5,12,17H,1-3,6-11H2. The number of rotatable bonds is 3. The number of non-ortho nitro benzene ring substituents is 1. The summed E-state index contributed by atoms with van der Waals surface area (Å²) in [6, 6.07) is 4.65. The number of hydrogen-bond donors (Lipinski definition) is 1. The van der Waals surface area contributed by atoms with Crippen LogP contribution in [0.5, 0.6) is 0 Å². The van der Waals surface area contributed by atoms with Gasteiger partial charge in [-0.2, -0.15) is 0 Å². The molecule has 2 heterocycles. The minimum Gasteiger partial charge on any atom is -0.368 e. The van der Waals surface area contributed by atoms with E-state index in [0.29, 0.717) is 5.56 Å². The summed E-state index contributed by atoms with van der Waals surface area (Å²) in [5.41, 5.74) is 1.25. The molecule has 0 atom stereocenters. The Bertz CT molecular complexity index is 593. The molecule has 1 amide bonds. The van der Waals surface area contributed by atoms with Crippen molar-refractivity contribution in [3.63, 3.8) is 0 Å². The number of anilines is 1. The van der Waals surface area contributed by atoms with E-state index in [1.807, 2.05) is 4.90 Å². The molecule has 1 N–H and O–H groups in total. The molecule has 2 saturated heterocycles. The third kappa shape index (κ3) is 3.44. The average molecular weight is 318 g/mol. The van der Waals surface area contributed by atoms with E-state index in [2.05, 4.69) is 10.2 Å². The fourth-order valence-corrected chi connectivity index (χ4v) is 3.26. The third-order valence-corrected chi connectivity index (χ3v) is 4.52. The van der Waals surface area contributed by atoms with Gasteiger partial charge in [-0.3, -0.25) is 14.9 Å². The van der Waals surface area contributed by atoms with Gasteiger partial charge in [-0.25, -0.2) is 0 Å². The summed E-state index contributed by atoms with van der Waals surface area (Å²) in [4.78, 5) is 27.5. The number of likely N-dealkylation sites (tertiary alicyclic amines) is 1. The molecule has 3 rings (SSSR count). The van der Waals surface area contributed by atoms with Crippen LogP contribution < -0.4 is 10.2 Å². The summed E-state index contributed by atoms with van der Waals surface area (Å²) < 4.78 is 0. The highest BCUT2D eigenvalue weighted by Gasteiger charge is 2.25. The second-order valence-electron chi connectivity index (χ2n) is 6.05. The van der Waals surface area contributed by atoms with E-state index in [1.54, 1.807) is 6.07 Å². The maximum atomic E-state index is 12.9. The van der Waals surface area contributed by atoms with Crippen LogP contribution in [-0.4, -0.2) is 55.0 Å². The second kappa shape index (κ2) is 6.95. The Morgan fingerprint density at radius 2 is 1.78 bits per heavy atom. The Hall–Kier alpha value is -2.15. The van der Waals surface area contributed by atoms with Gasteiger partial charge in [0, 0.05) is 51.4 Å². The van der Waals surface area contributed by atoms with Crippen LogP contribution in [-0.2, 0) is 0 Å². The summed E-state index contributed by atoms with van der Waals surface area (Å²) in [5.74, 6) is -0.0815. The maximum absolute atomic E-state index is 12.9. The quantitative estimate of drug-likeness (QED) is 0.677. The number of carbonyl (C=O) groups is 1. The zero-order valence-electron chi connectivity index (χ0n) is 13.2. The van der Waals surface area contributed by atoms with E-state index in [1.165, 1.54) is 12.1 Å². The van der Waals surface area contributed by atoms with Crippen molar-refractivity contribution in [2.75, 3.05) is 44.2 Å². The second-order valence-corrected chi connectivity index (χ2v) is 6.05. The van der Waals surface area contributed by atoms with Crippen molar-refractivity contribution in [2.45, 2.75) is 19.3 Å². The maximum Gasteiger partial charge on any atom is 0.270 e. The first-order valence-corrected chi connectivity index (χ1v) is 8.20. The van der Waals surface area contributed by atoms with Crippen LogP contribution in [0.4, 0.5) is 11.4 Å². The largest absolute Gasteiger partial charge is 0.368 e. The van der Waals surface area contributed by atoms with Gasteiger partial charge in [-0.05, 0) is 25.3 Å². The molecule has 1 aromatic rings. The molecule has 0 unspecified atom stereocenters. The Balaban J connectivity index is 1.94. The monoisotopic (exact) mass is 318 g/mol. The minimum atomic E-state index is -0.436. The van der Waals surface area contributed by atoms with Gasteiger partial charge in [0.25, 0.3) is 11.6 Å². The SMILES string of the molecule is O=C(c1cc([N+](=O)[O-])ccc1N1CCNCC1)N1CCCCC1. The zero-order valence-corrected chi connectivity index (χ0v) is 13.2. The van der Waals surface area contributed by atoms with Gasteiger partial charge >= 0.3 is 0 Å². The molecule has 1 aromatic carbocycles. The number of hydrogen-bond acceptors (Lipinski definition) is 5. The number of nitrogens with zero attached hydrogens (tertiary/aromatic N) is 3. The first kappa shape index (κ1) is 15.7. The van der Waals surface area contributed by atoms with Crippen molar-refractivity contribution in [3.05, 3.63) is 33.9 Å². The zero-order chi connectivity index (χ0) is 16.2. The molecule has 0 aromatic heterocycles. The lowest BCUT2D eigenvalue weighted by Gasteiger charge is -2.33. The Labute approximate surface area is 135 Å². The fraction of sp³-hybridized carbons (Fsp3) is 0.562. The highest BCUT2D eigenvalue weighted by molar-refractivity contribution is 6.00. The van der Waals surface area contributed by atoms with Crippen molar-refractivity contribution < 1.29 is 9.72 Å². The summed E-state index contributed by atoms with van der Waals surface area (Å²) >= 11 is 0. The molecule has 7 heteroatoms. The topological polar surface area (TPSA) is 78.7 Å². The van der Waals surface area contributed by atoms with E-state index >= 15 is 0 Å².